The molecule has 1 aliphatic heterocycles. The van der Waals surface area contributed by atoms with Gasteiger partial charge >= 0.3 is 0 Å². The minimum absolute atomic E-state index is 0.0115. The summed E-state index contributed by atoms with van der Waals surface area (Å²) in [5.74, 6) is 1.30. The zero-order valence-electron chi connectivity index (χ0n) is 20.3. The molecule has 0 amide bonds. The summed E-state index contributed by atoms with van der Waals surface area (Å²) in [7, 11) is 1.62. The van der Waals surface area contributed by atoms with Crippen LogP contribution in [0.15, 0.2) is 55.0 Å². The van der Waals surface area contributed by atoms with E-state index in [2.05, 4.69) is 27.1 Å². The molecule has 6 rings (SSSR count). The van der Waals surface area contributed by atoms with Gasteiger partial charge in [0, 0.05) is 47.9 Å². The maximum absolute atomic E-state index is 11.6. The van der Waals surface area contributed by atoms with E-state index < -0.39 is 0 Å². The Balaban J connectivity index is 1.35. The fraction of sp³-hybridized carbons (Fsp3) is 0.357. The molecule has 0 radical (unpaired) electrons. The molecule has 1 unspecified atom stereocenters. The minimum Gasteiger partial charge on any atom is -0.497 e. The van der Waals surface area contributed by atoms with Crippen molar-refractivity contribution in [2.24, 2.45) is 5.92 Å². The van der Waals surface area contributed by atoms with Crippen LogP contribution in [0.5, 0.6) is 5.75 Å². The van der Waals surface area contributed by atoms with Gasteiger partial charge in [0.15, 0.2) is 0 Å². The first-order valence-electron chi connectivity index (χ1n) is 12.5. The van der Waals surface area contributed by atoms with Gasteiger partial charge in [-0.05, 0) is 68.4 Å². The first-order valence-corrected chi connectivity index (χ1v) is 12.5. The summed E-state index contributed by atoms with van der Waals surface area (Å²) < 4.78 is 13.2. The lowest BCUT2D eigenvalue weighted by molar-refractivity contribution is -0.0394. The number of carbonyl (C=O) groups excluding carboxylic acids is 1. The summed E-state index contributed by atoms with van der Waals surface area (Å²) in [6, 6.07) is 11.8. The molecular formula is C28H29N5O3. The molecule has 0 bridgehead atoms. The molecule has 8 nitrogen and oxygen atoms in total. The maximum Gasteiger partial charge on any atom is 0.150 e. The summed E-state index contributed by atoms with van der Waals surface area (Å²) in [5.41, 5.74) is 5.87. The second kappa shape index (κ2) is 9.70. The van der Waals surface area contributed by atoms with E-state index in [1.807, 2.05) is 35.3 Å². The molecule has 4 aromatic rings. The highest BCUT2D eigenvalue weighted by Crippen LogP contribution is 2.37. The Morgan fingerprint density at radius 3 is 2.78 bits per heavy atom. The second-order valence-electron chi connectivity index (χ2n) is 9.59. The van der Waals surface area contributed by atoms with Crippen LogP contribution in [-0.2, 0) is 4.74 Å². The van der Waals surface area contributed by atoms with Crippen LogP contribution < -0.4 is 9.64 Å². The maximum atomic E-state index is 11.6. The Labute approximate surface area is 209 Å². The molecule has 8 heteroatoms. The van der Waals surface area contributed by atoms with Crippen LogP contribution in [0.2, 0.25) is 0 Å². The molecule has 0 N–H and O–H groups in total. The van der Waals surface area contributed by atoms with Gasteiger partial charge in [-0.2, -0.15) is 5.10 Å². The Hall–Kier alpha value is -3.78. The van der Waals surface area contributed by atoms with E-state index >= 15 is 0 Å². The number of nitrogens with zero attached hydrogens (tertiary/aromatic N) is 5. The Morgan fingerprint density at radius 2 is 2.00 bits per heavy atom. The monoisotopic (exact) mass is 483 g/mol. The van der Waals surface area contributed by atoms with Gasteiger partial charge in [-0.15, -0.1) is 0 Å². The normalized spacial score (nSPS) is 17.8. The molecule has 2 aromatic heterocycles. The third-order valence-corrected chi connectivity index (χ3v) is 6.92. The number of benzene rings is 2. The van der Waals surface area contributed by atoms with Crippen LogP contribution in [0.25, 0.3) is 22.3 Å². The fourth-order valence-corrected chi connectivity index (χ4v) is 4.73. The Bertz CT molecular complexity index is 1390. The number of aldehydes is 1. The molecule has 2 fully saturated rings. The van der Waals surface area contributed by atoms with E-state index in [1.165, 1.54) is 12.8 Å². The van der Waals surface area contributed by atoms with E-state index in [0.717, 1.165) is 72.4 Å². The zero-order chi connectivity index (χ0) is 24.5. The molecule has 1 aliphatic carbocycles. The van der Waals surface area contributed by atoms with Crippen LogP contribution in [0.3, 0.4) is 0 Å². The number of anilines is 2. The van der Waals surface area contributed by atoms with Gasteiger partial charge in [0.25, 0.3) is 0 Å². The van der Waals surface area contributed by atoms with Crippen molar-refractivity contribution in [2.45, 2.75) is 38.3 Å². The Kier molecular flexibility index (Phi) is 6.11. The summed E-state index contributed by atoms with van der Waals surface area (Å²) >= 11 is 0. The van der Waals surface area contributed by atoms with E-state index in [4.69, 9.17) is 14.5 Å². The van der Waals surface area contributed by atoms with Gasteiger partial charge in [-0.3, -0.25) is 9.78 Å². The van der Waals surface area contributed by atoms with Crippen molar-refractivity contribution >= 4 is 28.7 Å². The number of ether oxygens (including phenoxy) is 2. The molecule has 1 saturated heterocycles. The minimum atomic E-state index is -0.0115. The number of aromatic nitrogens is 4. The van der Waals surface area contributed by atoms with E-state index in [0.29, 0.717) is 17.2 Å². The van der Waals surface area contributed by atoms with Crippen molar-refractivity contribution in [3.05, 3.63) is 60.6 Å². The molecule has 2 aliphatic rings. The van der Waals surface area contributed by atoms with Crippen LogP contribution >= 0.6 is 0 Å². The van der Waals surface area contributed by atoms with Crippen molar-refractivity contribution in [3.8, 4) is 17.0 Å². The summed E-state index contributed by atoms with van der Waals surface area (Å²) in [6.45, 7) is 1.65. The van der Waals surface area contributed by atoms with E-state index in [-0.39, 0.29) is 6.23 Å². The average molecular weight is 484 g/mol. The number of fused-ring (bicyclic) bond motifs is 1. The van der Waals surface area contributed by atoms with Gasteiger partial charge in [0.05, 0.1) is 36.2 Å². The topological polar surface area (TPSA) is 82.4 Å². The first-order chi connectivity index (χ1) is 17.7. The number of hydrogen-bond donors (Lipinski definition) is 0. The smallest absolute Gasteiger partial charge is 0.150 e. The molecule has 3 heterocycles. The van der Waals surface area contributed by atoms with Crippen LogP contribution in [0.4, 0.5) is 11.4 Å². The Morgan fingerprint density at radius 1 is 1.08 bits per heavy atom. The predicted molar refractivity (Wildman–Crippen MR) is 138 cm³/mol. The van der Waals surface area contributed by atoms with Gasteiger partial charge in [0.1, 0.15) is 18.3 Å². The average Bonchev–Trinajstić information content (AvgIpc) is 3.63. The summed E-state index contributed by atoms with van der Waals surface area (Å²) in [4.78, 5) is 23.4. The van der Waals surface area contributed by atoms with E-state index in [9.17, 15) is 4.79 Å². The number of rotatable bonds is 8. The van der Waals surface area contributed by atoms with E-state index in [1.54, 1.807) is 19.4 Å². The number of hydrogen-bond acceptors (Lipinski definition) is 7. The largest absolute Gasteiger partial charge is 0.497 e. The SMILES string of the molecule is COc1cc(C=O)cc(N(CC2CC2)c2ccc3ncc(-c4cnn(C5CCCCO5)c4)nc3c2)c1. The first kappa shape index (κ1) is 22.7. The van der Waals surface area contributed by atoms with Gasteiger partial charge in [0.2, 0.25) is 0 Å². The number of methoxy groups -OCH3 is 1. The number of carbonyl (C=O) groups is 1. The molecule has 184 valence electrons. The van der Waals surface area contributed by atoms with Crippen molar-refractivity contribution in [2.75, 3.05) is 25.2 Å². The van der Waals surface area contributed by atoms with Gasteiger partial charge in [-0.1, -0.05) is 0 Å². The molecular weight excluding hydrogens is 454 g/mol. The van der Waals surface area contributed by atoms with Crippen molar-refractivity contribution in [1.29, 1.82) is 0 Å². The molecule has 1 saturated carbocycles. The lowest BCUT2D eigenvalue weighted by Gasteiger charge is -2.26. The molecule has 1 atom stereocenters. The zero-order valence-corrected chi connectivity index (χ0v) is 20.3. The third-order valence-electron chi connectivity index (χ3n) is 6.92. The van der Waals surface area contributed by atoms with Crippen molar-refractivity contribution in [1.82, 2.24) is 19.7 Å². The van der Waals surface area contributed by atoms with Crippen LogP contribution in [0.1, 0.15) is 48.7 Å². The molecule has 2 aromatic carbocycles. The van der Waals surface area contributed by atoms with Crippen molar-refractivity contribution in [3.63, 3.8) is 0 Å². The standard InChI is InChI=1S/C28H29N5O3/c1-35-24-11-20(18-34)10-23(12-24)32(16-19-5-6-19)22-7-8-25-26(13-22)31-27(15-29-25)21-14-30-33(17-21)28-4-2-3-9-36-28/h7-8,10-15,17-19,28H,2-6,9,16H2,1H3. The fourth-order valence-electron chi connectivity index (χ4n) is 4.73. The van der Waals surface area contributed by atoms with Crippen molar-refractivity contribution < 1.29 is 14.3 Å². The quantitative estimate of drug-likeness (QED) is 0.303. The van der Waals surface area contributed by atoms with Gasteiger partial charge < -0.3 is 14.4 Å². The van der Waals surface area contributed by atoms with Gasteiger partial charge in [-0.25, -0.2) is 9.67 Å². The molecule has 0 spiro atoms. The highest BCUT2D eigenvalue weighted by Gasteiger charge is 2.26. The predicted octanol–water partition coefficient (Wildman–Crippen LogP) is 5.56. The van der Waals surface area contributed by atoms with Crippen LogP contribution in [0, 0.1) is 5.92 Å². The highest BCUT2D eigenvalue weighted by molar-refractivity contribution is 5.84. The summed E-state index contributed by atoms with van der Waals surface area (Å²) in [6.07, 6.45) is 12.1. The third kappa shape index (κ3) is 4.68. The van der Waals surface area contributed by atoms with Crippen LogP contribution in [-0.4, -0.2) is 46.3 Å². The summed E-state index contributed by atoms with van der Waals surface area (Å²) in [5, 5.41) is 4.53. The highest BCUT2D eigenvalue weighted by atomic mass is 16.5. The molecule has 36 heavy (non-hydrogen) atoms. The lowest BCUT2D eigenvalue weighted by atomic mass is 10.1. The second-order valence-corrected chi connectivity index (χ2v) is 9.59. The lowest BCUT2D eigenvalue weighted by Crippen LogP contribution is -2.20.